The first-order valence-electron chi connectivity index (χ1n) is 6.88. The molecule has 0 saturated heterocycles. The predicted molar refractivity (Wildman–Crippen MR) is 82.0 cm³/mol. The lowest BCUT2D eigenvalue weighted by Crippen LogP contribution is -2.21. The zero-order chi connectivity index (χ0) is 13.2. The van der Waals surface area contributed by atoms with Crippen LogP contribution in [0.15, 0.2) is 12.1 Å². The molecule has 1 aromatic heterocycles. The summed E-state index contributed by atoms with van der Waals surface area (Å²) in [6.07, 6.45) is 5.36. The summed E-state index contributed by atoms with van der Waals surface area (Å²) < 4.78 is 8.60. The highest BCUT2D eigenvalue weighted by atomic mass is 35.5. The van der Waals surface area contributed by atoms with Gasteiger partial charge in [0.1, 0.15) is 11.0 Å². The van der Waals surface area contributed by atoms with Gasteiger partial charge in [0, 0.05) is 6.54 Å². The average molecular weight is 296 g/mol. The van der Waals surface area contributed by atoms with Gasteiger partial charge in [-0.1, -0.05) is 31.4 Å². The third kappa shape index (κ3) is 2.84. The molecule has 3 rings (SSSR count). The van der Waals surface area contributed by atoms with Crippen molar-refractivity contribution in [2.24, 2.45) is 11.8 Å². The van der Waals surface area contributed by atoms with Crippen molar-refractivity contribution in [1.82, 2.24) is 8.75 Å². The first kappa shape index (κ1) is 13.1. The Morgan fingerprint density at radius 3 is 3.11 bits per heavy atom. The number of benzene rings is 1. The smallest absolute Gasteiger partial charge is 0.129 e. The molecule has 2 aromatic rings. The van der Waals surface area contributed by atoms with Crippen molar-refractivity contribution >= 4 is 40.0 Å². The number of nitrogens with one attached hydrogen (secondary N) is 1. The molecule has 1 aliphatic carbocycles. The predicted octanol–water partition coefficient (Wildman–Crippen LogP) is 4.58. The Labute approximate surface area is 122 Å². The number of anilines is 1. The van der Waals surface area contributed by atoms with E-state index in [-0.39, 0.29) is 0 Å². The molecule has 2 unspecified atom stereocenters. The third-order valence-electron chi connectivity index (χ3n) is 3.99. The van der Waals surface area contributed by atoms with Crippen LogP contribution >= 0.6 is 23.3 Å². The minimum Gasteiger partial charge on any atom is -0.382 e. The topological polar surface area (TPSA) is 37.8 Å². The Morgan fingerprint density at radius 2 is 2.26 bits per heavy atom. The van der Waals surface area contributed by atoms with Crippen molar-refractivity contribution in [3.8, 4) is 0 Å². The lowest BCUT2D eigenvalue weighted by molar-refractivity contribution is 0.293. The Balaban J connectivity index is 1.74. The van der Waals surface area contributed by atoms with Gasteiger partial charge >= 0.3 is 0 Å². The van der Waals surface area contributed by atoms with Crippen molar-refractivity contribution in [3.05, 3.63) is 17.2 Å². The maximum absolute atomic E-state index is 6.28. The van der Waals surface area contributed by atoms with Gasteiger partial charge in [0.2, 0.25) is 0 Å². The van der Waals surface area contributed by atoms with Crippen molar-refractivity contribution in [3.63, 3.8) is 0 Å². The van der Waals surface area contributed by atoms with E-state index in [9.17, 15) is 0 Å². The summed E-state index contributed by atoms with van der Waals surface area (Å²) >= 11 is 7.52. The molecule has 1 saturated carbocycles. The molecule has 19 heavy (non-hydrogen) atoms. The normalized spacial score (nSPS) is 23.7. The SMILES string of the molecule is CC1CCCC(CNc2c(Cl)ccc3nsnc23)C1. The number of halogens is 1. The Morgan fingerprint density at radius 1 is 1.37 bits per heavy atom. The molecule has 0 radical (unpaired) electrons. The van der Waals surface area contributed by atoms with Gasteiger partial charge in [0.15, 0.2) is 0 Å². The van der Waals surface area contributed by atoms with E-state index in [4.69, 9.17) is 11.6 Å². The second-order valence-electron chi connectivity index (χ2n) is 5.57. The summed E-state index contributed by atoms with van der Waals surface area (Å²) in [5, 5.41) is 4.24. The molecule has 0 spiro atoms. The molecule has 1 aromatic carbocycles. The van der Waals surface area contributed by atoms with Crippen molar-refractivity contribution in [1.29, 1.82) is 0 Å². The number of nitrogens with zero attached hydrogens (tertiary/aromatic N) is 2. The molecule has 1 N–H and O–H groups in total. The summed E-state index contributed by atoms with van der Waals surface area (Å²) in [6.45, 7) is 3.34. The Kier molecular flexibility index (Phi) is 3.89. The lowest BCUT2D eigenvalue weighted by Gasteiger charge is -2.27. The lowest BCUT2D eigenvalue weighted by atomic mass is 9.82. The quantitative estimate of drug-likeness (QED) is 0.900. The molecule has 0 amide bonds. The Hall–Kier alpha value is -0.870. The van der Waals surface area contributed by atoms with Crippen LogP contribution in [-0.2, 0) is 0 Å². The maximum Gasteiger partial charge on any atom is 0.129 e. The van der Waals surface area contributed by atoms with E-state index in [1.54, 1.807) is 0 Å². The van der Waals surface area contributed by atoms with Gasteiger partial charge in [-0.3, -0.25) is 0 Å². The fraction of sp³-hybridized carbons (Fsp3) is 0.571. The zero-order valence-electron chi connectivity index (χ0n) is 11.0. The van der Waals surface area contributed by atoms with Gasteiger partial charge in [0.25, 0.3) is 0 Å². The second-order valence-corrected chi connectivity index (χ2v) is 6.51. The molecule has 1 aliphatic rings. The monoisotopic (exact) mass is 295 g/mol. The maximum atomic E-state index is 6.28. The van der Waals surface area contributed by atoms with Gasteiger partial charge < -0.3 is 5.32 Å². The minimum absolute atomic E-state index is 0.740. The van der Waals surface area contributed by atoms with Crippen molar-refractivity contribution in [2.45, 2.75) is 32.6 Å². The molecular formula is C14H18ClN3S. The highest BCUT2D eigenvalue weighted by Crippen LogP contribution is 2.32. The van der Waals surface area contributed by atoms with Gasteiger partial charge in [-0.25, -0.2) is 0 Å². The van der Waals surface area contributed by atoms with Crippen LogP contribution in [-0.4, -0.2) is 15.3 Å². The van der Waals surface area contributed by atoms with E-state index < -0.39 is 0 Å². The number of fused-ring (bicyclic) bond motifs is 1. The molecule has 0 bridgehead atoms. The van der Waals surface area contributed by atoms with E-state index in [0.717, 1.165) is 40.1 Å². The van der Waals surface area contributed by atoms with Crippen LogP contribution in [0.25, 0.3) is 11.0 Å². The first-order chi connectivity index (χ1) is 9.24. The van der Waals surface area contributed by atoms with Gasteiger partial charge in [-0.2, -0.15) is 8.75 Å². The summed E-state index contributed by atoms with van der Waals surface area (Å²) in [5.41, 5.74) is 2.78. The van der Waals surface area contributed by atoms with E-state index in [2.05, 4.69) is 21.0 Å². The van der Waals surface area contributed by atoms with Crippen LogP contribution in [0.5, 0.6) is 0 Å². The standard InChI is InChI=1S/C14H18ClN3S/c1-9-3-2-4-10(7-9)8-16-13-11(15)5-6-12-14(13)18-19-17-12/h5-6,9-10,16H,2-4,7-8H2,1H3. The molecule has 102 valence electrons. The summed E-state index contributed by atoms with van der Waals surface area (Å²) in [7, 11) is 0. The van der Waals surface area contributed by atoms with Crippen LogP contribution in [0, 0.1) is 11.8 Å². The third-order valence-corrected chi connectivity index (χ3v) is 4.85. The number of hydrogen-bond acceptors (Lipinski definition) is 4. The summed E-state index contributed by atoms with van der Waals surface area (Å²) in [5.74, 6) is 1.61. The summed E-state index contributed by atoms with van der Waals surface area (Å²) in [4.78, 5) is 0. The fourth-order valence-electron chi connectivity index (χ4n) is 2.99. The molecule has 1 fully saturated rings. The largest absolute Gasteiger partial charge is 0.382 e. The van der Waals surface area contributed by atoms with Crippen molar-refractivity contribution < 1.29 is 0 Å². The fourth-order valence-corrected chi connectivity index (χ4v) is 3.75. The second kappa shape index (κ2) is 5.63. The highest BCUT2D eigenvalue weighted by Gasteiger charge is 2.19. The van der Waals surface area contributed by atoms with E-state index in [0.29, 0.717) is 0 Å². The summed E-state index contributed by atoms with van der Waals surface area (Å²) in [6, 6.07) is 3.83. The Bertz CT molecular complexity index is 569. The van der Waals surface area contributed by atoms with Gasteiger partial charge in [-0.05, 0) is 36.8 Å². The van der Waals surface area contributed by atoms with Crippen LogP contribution in [0.1, 0.15) is 32.6 Å². The van der Waals surface area contributed by atoms with E-state index >= 15 is 0 Å². The molecule has 3 nitrogen and oxygen atoms in total. The molecule has 2 atom stereocenters. The first-order valence-corrected chi connectivity index (χ1v) is 7.99. The zero-order valence-corrected chi connectivity index (χ0v) is 12.6. The van der Waals surface area contributed by atoms with E-state index in [1.807, 2.05) is 12.1 Å². The molecule has 5 heteroatoms. The van der Waals surface area contributed by atoms with Crippen LogP contribution in [0.3, 0.4) is 0 Å². The van der Waals surface area contributed by atoms with Gasteiger partial charge in [-0.15, -0.1) is 0 Å². The number of aromatic nitrogens is 2. The van der Waals surface area contributed by atoms with Gasteiger partial charge in [0.05, 0.1) is 22.4 Å². The molecule has 0 aliphatic heterocycles. The highest BCUT2D eigenvalue weighted by molar-refractivity contribution is 7.00. The van der Waals surface area contributed by atoms with Crippen LogP contribution in [0.2, 0.25) is 5.02 Å². The van der Waals surface area contributed by atoms with E-state index in [1.165, 1.54) is 37.4 Å². The molecular weight excluding hydrogens is 278 g/mol. The number of rotatable bonds is 3. The average Bonchev–Trinajstić information content (AvgIpc) is 2.86. The van der Waals surface area contributed by atoms with Crippen LogP contribution in [0.4, 0.5) is 5.69 Å². The number of hydrogen-bond donors (Lipinski definition) is 1. The van der Waals surface area contributed by atoms with Crippen molar-refractivity contribution in [2.75, 3.05) is 11.9 Å². The van der Waals surface area contributed by atoms with Crippen LogP contribution < -0.4 is 5.32 Å². The molecule has 1 heterocycles. The minimum atomic E-state index is 0.740.